The van der Waals surface area contributed by atoms with Crippen LogP contribution in [-0.4, -0.2) is 48.2 Å². The lowest BCUT2D eigenvalue weighted by Crippen LogP contribution is -2.48. The smallest absolute Gasteiger partial charge is 0.0897 e. The summed E-state index contributed by atoms with van der Waals surface area (Å²) in [6, 6.07) is 0. The van der Waals surface area contributed by atoms with E-state index in [2.05, 4.69) is 19.2 Å². The molecule has 0 aromatic heterocycles. The monoisotopic (exact) mass is 259 g/mol. The molecule has 0 bridgehead atoms. The van der Waals surface area contributed by atoms with Crippen molar-refractivity contribution in [2.45, 2.75) is 57.7 Å². The Bertz CT molecular complexity index is 217. The van der Waals surface area contributed by atoms with E-state index in [1.807, 2.05) is 0 Å². The third-order valence-corrected chi connectivity index (χ3v) is 3.50. The van der Waals surface area contributed by atoms with Crippen LogP contribution in [0, 0.1) is 5.92 Å². The Balaban J connectivity index is 1.89. The van der Waals surface area contributed by atoms with Gasteiger partial charge in [-0.05, 0) is 38.0 Å². The maximum atomic E-state index is 9.85. The first-order valence-electron chi connectivity index (χ1n) is 7.21. The first kappa shape index (κ1) is 15.9. The molecule has 0 heterocycles. The Morgan fingerprint density at radius 2 is 2.06 bits per heavy atom. The van der Waals surface area contributed by atoms with Crippen LogP contribution >= 0.6 is 0 Å². The lowest BCUT2D eigenvalue weighted by atomic mass is 9.80. The molecule has 108 valence electrons. The van der Waals surface area contributed by atoms with E-state index >= 15 is 0 Å². The molecule has 1 atom stereocenters. The molecule has 1 saturated carbocycles. The average Bonchev–Trinajstić information content (AvgIpc) is 2.26. The molecule has 0 aromatic carbocycles. The summed E-state index contributed by atoms with van der Waals surface area (Å²) in [6.45, 7) is 6.57. The molecule has 4 nitrogen and oxygen atoms in total. The molecule has 18 heavy (non-hydrogen) atoms. The number of hydrogen-bond donors (Lipinski definition) is 3. The van der Waals surface area contributed by atoms with E-state index in [9.17, 15) is 10.2 Å². The number of rotatable bonds is 10. The predicted octanol–water partition coefficient (Wildman–Crippen LogP) is 1.30. The van der Waals surface area contributed by atoms with Gasteiger partial charge in [-0.25, -0.2) is 0 Å². The molecule has 0 aliphatic heterocycles. The topological polar surface area (TPSA) is 61.7 Å². The molecular weight excluding hydrogens is 230 g/mol. The fourth-order valence-electron chi connectivity index (χ4n) is 2.11. The van der Waals surface area contributed by atoms with Crippen LogP contribution in [0.2, 0.25) is 0 Å². The summed E-state index contributed by atoms with van der Waals surface area (Å²) in [5, 5.41) is 22.6. The van der Waals surface area contributed by atoms with Crippen LogP contribution in [0.4, 0.5) is 0 Å². The van der Waals surface area contributed by atoms with Gasteiger partial charge in [0.25, 0.3) is 0 Å². The summed E-state index contributed by atoms with van der Waals surface area (Å²) >= 11 is 0. The van der Waals surface area contributed by atoms with Crippen molar-refractivity contribution >= 4 is 0 Å². The van der Waals surface area contributed by atoms with Crippen molar-refractivity contribution < 1.29 is 14.9 Å². The average molecular weight is 259 g/mol. The minimum absolute atomic E-state index is 0.378. The highest BCUT2D eigenvalue weighted by atomic mass is 16.5. The van der Waals surface area contributed by atoms with Crippen LogP contribution in [-0.2, 0) is 4.74 Å². The molecule has 0 aromatic rings. The number of ether oxygens (including phenoxy) is 1. The van der Waals surface area contributed by atoms with Crippen LogP contribution < -0.4 is 5.32 Å². The van der Waals surface area contributed by atoms with E-state index in [1.165, 1.54) is 6.42 Å². The van der Waals surface area contributed by atoms with Crippen molar-refractivity contribution in [3.63, 3.8) is 0 Å². The zero-order valence-corrected chi connectivity index (χ0v) is 11.8. The summed E-state index contributed by atoms with van der Waals surface area (Å²) in [6.07, 6.45) is 4.61. The lowest BCUT2D eigenvalue weighted by Gasteiger charge is -2.36. The van der Waals surface area contributed by atoms with Gasteiger partial charge in [-0.1, -0.05) is 13.8 Å². The number of aliphatic hydroxyl groups is 2. The highest BCUT2D eigenvalue weighted by Gasteiger charge is 2.33. The third kappa shape index (κ3) is 6.69. The largest absolute Gasteiger partial charge is 0.389 e. The zero-order valence-electron chi connectivity index (χ0n) is 11.8. The molecule has 1 unspecified atom stereocenters. The number of aliphatic hydroxyl groups excluding tert-OH is 1. The van der Waals surface area contributed by atoms with Crippen molar-refractivity contribution in [3.05, 3.63) is 0 Å². The Kier molecular flexibility index (Phi) is 7.15. The Labute approximate surface area is 111 Å². The summed E-state index contributed by atoms with van der Waals surface area (Å²) in [7, 11) is 0. The van der Waals surface area contributed by atoms with Crippen molar-refractivity contribution in [2.75, 3.05) is 26.3 Å². The zero-order chi connectivity index (χ0) is 13.4. The number of hydrogen-bond acceptors (Lipinski definition) is 4. The van der Waals surface area contributed by atoms with Gasteiger partial charge in [-0.3, -0.25) is 0 Å². The first-order chi connectivity index (χ1) is 8.52. The summed E-state index contributed by atoms with van der Waals surface area (Å²) in [4.78, 5) is 0. The van der Waals surface area contributed by atoms with Gasteiger partial charge < -0.3 is 20.3 Å². The third-order valence-electron chi connectivity index (χ3n) is 3.50. The van der Waals surface area contributed by atoms with Gasteiger partial charge >= 0.3 is 0 Å². The summed E-state index contributed by atoms with van der Waals surface area (Å²) in [5.41, 5.74) is -0.516. The van der Waals surface area contributed by atoms with Crippen molar-refractivity contribution in [1.29, 1.82) is 0 Å². The van der Waals surface area contributed by atoms with E-state index in [4.69, 9.17) is 4.74 Å². The number of nitrogens with one attached hydrogen (secondary N) is 1. The molecule has 0 amide bonds. The van der Waals surface area contributed by atoms with E-state index in [-0.39, 0.29) is 0 Å². The van der Waals surface area contributed by atoms with Crippen molar-refractivity contribution in [1.82, 2.24) is 5.32 Å². The quantitative estimate of drug-likeness (QED) is 0.518. The highest BCUT2D eigenvalue weighted by molar-refractivity contribution is 4.89. The van der Waals surface area contributed by atoms with Crippen molar-refractivity contribution in [3.8, 4) is 0 Å². The van der Waals surface area contributed by atoms with E-state index in [0.717, 1.165) is 32.3 Å². The maximum Gasteiger partial charge on any atom is 0.0897 e. The fraction of sp³-hybridized carbons (Fsp3) is 1.00. The fourth-order valence-corrected chi connectivity index (χ4v) is 2.11. The highest BCUT2D eigenvalue weighted by Crippen LogP contribution is 2.30. The summed E-state index contributed by atoms with van der Waals surface area (Å²) < 4.78 is 5.42. The first-order valence-corrected chi connectivity index (χ1v) is 7.21. The van der Waals surface area contributed by atoms with Crippen molar-refractivity contribution in [2.24, 2.45) is 5.92 Å². The maximum absolute atomic E-state index is 9.85. The molecule has 0 radical (unpaired) electrons. The Hall–Kier alpha value is -0.160. The van der Waals surface area contributed by atoms with Gasteiger partial charge in [0.1, 0.15) is 0 Å². The normalized spacial score (nSPS) is 19.8. The second-order valence-corrected chi connectivity index (χ2v) is 5.97. The van der Waals surface area contributed by atoms with Crippen LogP contribution in [0.3, 0.4) is 0 Å². The van der Waals surface area contributed by atoms with Gasteiger partial charge in [0.05, 0.1) is 18.3 Å². The molecule has 0 saturated heterocycles. The SMILES string of the molecule is CC(C)CCCOCC(O)CNCC1(O)CCC1. The minimum atomic E-state index is -0.516. The molecular formula is C14H29NO3. The lowest BCUT2D eigenvalue weighted by molar-refractivity contribution is -0.0349. The Morgan fingerprint density at radius 3 is 2.61 bits per heavy atom. The minimum Gasteiger partial charge on any atom is -0.389 e. The standard InChI is InChI=1S/C14H29NO3/c1-12(2)5-3-8-18-10-13(16)9-15-11-14(17)6-4-7-14/h12-13,15-17H,3-11H2,1-2H3. The van der Waals surface area contributed by atoms with Crippen LogP contribution in [0.15, 0.2) is 0 Å². The van der Waals surface area contributed by atoms with E-state index < -0.39 is 11.7 Å². The van der Waals surface area contributed by atoms with E-state index in [1.54, 1.807) is 0 Å². The van der Waals surface area contributed by atoms with Crippen LogP contribution in [0.25, 0.3) is 0 Å². The van der Waals surface area contributed by atoms with Gasteiger partial charge in [0.2, 0.25) is 0 Å². The molecule has 3 N–H and O–H groups in total. The molecule has 1 rings (SSSR count). The van der Waals surface area contributed by atoms with Crippen LogP contribution in [0.5, 0.6) is 0 Å². The van der Waals surface area contributed by atoms with Gasteiger partial charge in [0.15, 0.2) is 0 Å². The van der Waals surface area contributed by atoms with Gasteiger partial charge in [-0.15, -0.1) is 0 Å². The predicted molar refractivity (Wildman–Crippen MR) is 72.6 cm³/mol. The molecule has 1 fully saturated rings. The van der Waals surface area contributed by atoms with E-state index in [0.29, 0.717) is 25.6 Å². The molecule has 4 heteroatoms. The second-order valence-electron chi connectivity index (χ2n) is 5.97. The second kappa shape index (κ2) is 8.10. The van der Waals surface area contributed by atoms with Crippen LogP contribution in [0.1, 0.15) is 46.0 Å². The summed E-state index contributed by atoms with van der Waals surface area (Å²) in [5.74, 6) is 0.711. The molecule has 0 spiro atoms. The molecule has 1 aliphatic carbocycles. The van der Waals surface area contributed by atoms with Gasteiger partial charge in [-0.2, -0.15) is 0 Å². The molecule has 1 aliphatic rings. The van der Waals surface area contributed by atoms with Gasteiger partial charge in [0, 0.05) is 19.7 Å². The Morgan fingerprint density at radius 1 is 1.33 bits per heavy atom.